The average molecular weight is 388 g/mol. The molecule has 1 amide bonds. The summed E-state index contributed by atoms with van der Waals surface area (Å²) in [7, 11) is 0. The Morgan fingerprint density at radius 1 is 1.12 bits per heavy atom. The maximum Gasteiger partial charge on any atom is 0.225 e. The molecule has 0 aliphatic rings. The molecule has 2 heterocycles. The first-order valence-corrected chi connectivity index (χ1v) is 8.54. The maximum absolute atomic E-state index is 12.1. The molecule has 0 radical (unpaired) electrons. The average Bonchev–Trinajstić information content (AvgIpc) is 3.22. The van der Waals surface area contributed by atoms with Gasteiger partial charge in [0.25, 0.3) is 0 Å². The molecular weight excluding hydrogens is 370 g/mol. The van der Waals surface area contributed by atoms with Gasteiger partial charge in [0.15, 0.2) is 0 Å². The molecule has 0 saturated heterocycles. The van der Waals surface area contributed by atoms with Crippen LogP contribution in [-0.4, -0.2) is 25.5 Å². The van der Waals surface area contributed by atoms with Crippen LogP contribution in [0.25, 0.3) is 0 Å². The molecule has 1 aromatic carbocycles. The fraction of sp³-hybridized carbons (Fsp3) is 0.235. The highest BCUT2D eigenvalue weighted by Crippen LogP contribution is 2.18. The minimum atomic E-state index is -0.0176. The van der Waals surface area contributed by atoms with Crippen molar-refractivity contribution in [2.45, 2.75) is 25.9 Å². The van der Waals surface area contributed by atoms with E-state index in [4.69, 9.17) is 0 Å². The second kappa shape index (κ2) is 7.92. The number of halogens is 1. The van der Waals surface area contributed by atoms with Crippen LogP contribution < -0.4 is 5.32 Å². The van der Waals surface area contributed by atoms with Gasteiger partial charge in [0.2, 0.25) is 5.91 Å². The summed E-state index contributed by atoms with van der Waals surface area (Å²) in [6.07, 6.45) is 6.51. The first-order valence-electron chi connectivity index (χ1n) is 7.75. The molecule has 3 aromatic rings. The smallest absolute Gasteiger partial charge is 0.225 e. The number of hydrogen-bond acceptors (Lipinski definition) is 3. The highest BCUT2D eigenvalue weighted by atomic mass is 79.9. The van der Waals surface area contributed by atoms with Crippen LogP contribution in [0.4, 0.5) is 5.82 Å². The Balaban J connectivity index is 1.55. The van der Waals surface area contributed by atoms with Crippen molar-refractivity contribution in [2.24, 2.45) is 0 Å². The number of aromatic nitrogens is 4. The van der Waals surface area contributed by atoms with E-state index in [-0.39, 0.29) is 5.91 Å². The lowest BCUT2D eigenvalue weighted by Crippen LogP contribution is -2.16. The summed E-state index contributed by atoms with van der Waals surface area (Å²) in [6.45, 7) is 1.33. The summed E-state index contributed by atoms with van der Waals surface area (Å²) in [6, 6.07) is 11.7. The number of carbonyl (C=O) groups excluding carboxylic acids is 1. The largest absolute Gasteiger partial charge is 0.311 e. The molecular formula is C17H18BrN5O. The summed E-state index contributed by atoms with van der Waals surface area (Å²) < 4.78 is 4.63. The molecule has 0 bridgehead atoms. The van der Waals surface area contributed by atoms with E-state index in [1.54, 1.807) is 17.1 Å². The Kier molecular flexibility index (Phi) is 5.43. The fourth-order valence-corrected chi connectivity index (χ4v) is 2.80. The van der Waals surface area contributed by atoms with Crippen molar-refractivity contribution in [2.75, 3.05) is 5.32 Å². The number of benzene rings is 1. The minimum Gasteiger partial charge on any atom is -0.311 e. The standard InChI is InChI=1S/C17H18BrN5O/c18-15-6-2-1-5-14(15)13-23-16(8-10-20-23)21-17(24)7-3-11-22-12-4-9-19-22/h1-2,4-6,8-10,12H,3,7,11,13H2,(H,21,24). The number of anilines is 1. The Hall–Kier alpha value is -2.41. The number of carbonyl (C=O) groups is 1. The van der Waals surface area contributed by atoms with E-state index in [9.17, 15) is 4.79 Å². The number of nitrogens with zero attached hydrogens (tertiary/aromatic N) is 4. The number of rotatable bonds is 7. The molecule has 0 aliphatic carbocycles. The molecule has 0 unspecified atom stereocenters. The van der Waals surface area contributed by atoms with Crippen molar-refractivity contribution < 1.29 is 4.79 Å². The van der Waals surface area contributed by atoms with Gasteiger partial charge in [-0.2, -0.15) is 10.2 Å². The number of aryl methyl sites for hydroxylation is 1. The molecule has 6 nitrogen and oxygen atoms in total. The Morgan fingerprint density at radius 2 is 2.00 bits per heavy atom. The third-order valence-electron chi connectivity index (χ3n) is 3.61. The Bertz CT molecular complexity index is 797. The lowest BCUT2D eigenvalue weighted by Gasteiger charge is -2.10. The van der Waals surface area contributed by atoms with Crippen molar-refractivity contribution in [1.82, 2.24) is 19.6 Å². The van der Waals surface area contributed by atoms with Crippen LogP contribution in [0.3, 0.4) is 0 Å². The number of amides is 1. The topological polar surface area (TPSA) is 64.7 Å². The van der Waals surface area contributed by atoms with Crippen LogP contribution in [0.15, 0.2) is 59.5 Å². The van der Waals surface area contributed by atoms with Crippen LogP contribution in [0, 0.1) is 0 Å². The molecule has 0 fully saturated rings. The molecule has 3 rings (SSSR count). The predicted octanol–water partition coefficient (Wildman–Crippen LogP) is 3.31. The summed E-state index contributed by atoms with van der Waals surface area (Å²) in [5.41, 5.74) is 1.11. The normalized spacial score (nSPS) is 10.7. The van der Waals surface area contributed by atoms with Gasteiger partial charge >= 0.3 is 0 Å². The summed E-state index contributed by atoms with van der Waals surface area (Å²) in [4.78, 5) is 12.1. The molecule has 0 atom stereocenters. The van der Waals surface area contributed by atoms with Crippen molar-refractivity contribution in [3.8, 4) is 0 Å². The van der Waals surface area contributed by atoms with Crippen molar-refractivity contribution >= 4 is 27.7 Å². The van der Waals surface area contributed by atoms with Crippen LogP contribution in [0.1, 0.15) is 18.4 Å². The highest BCUT2D eigenvalue weighted by Gasteiger charge is 2.09. The monoisotopic (exact) mass is 387 g/mol. The van der Waals surface area contributed by atoms with E-state index in [1.807, 2.05) is 47.3 Å². The van der Waals surface area contributed by atoms with Gasteiger partial charge in [0.05, 0.1) is 12.7 Å². The molecule has 2 aromatic heterocycles. The highest BCUT2D eigenvalue weighted by molar-refractivity contribution is 9.10. The third-order valence-corrected chi connectivity index (χ3v) is 4.39. The van der Waals surface area contributed by atoms with Crippen molar-refractivity contribution in [3.05, 3.63) is 65.0 Å². The second-order valence-corrected chi connectivity index (χ2v) is 6.24. The first-order chi connectivity index (χ1) is 11.7. The zero-order chi connectivity index (χ0) is 16.8. The van der Waals surface area contributed by atoms with E-state index in [0.717, 1.165) is 23.0 Å². The third kappa shape index (κ3) is 4.32. The van der Waals surface area contributed by atoms with Gasteiger partial charge in [-0.1, -0.05) is 34.1 Å². The van der Waals surface area contributed by atoms with E-state index >= 15 is 0 Å². The second-order valence-electron chi connectivity index (χ2n) is 5.39. The van der Waals surface area contributed by atoms with Crippen molar-refractivity contribution in [1.29, 1.82) is 0 Å². The van der Waals surface area contributed by atoms with E-state index in [2.05, 4.69) is 31.4 Å². The summed E-state index contributed by atoms with van der Waals surface area (Å²) in [5.74, 6) is 0.686. The Morgan fingerprint density at radius 3 is 2.79 bits per heavy atom. The van der Waals surface area contributed by atoms with E-state index in [1.165, 1.54) is 0 Å². The molecule has 7 heteroatoms. The van der Waals surface area contributed by atoms with Gasteiger partial charge in [-0.05, 0) is 24.1 Å². The van der Waals surface area contributed by atoms with Crippen LogP contribution in [0.5, 0.6) is 0 Å². The maximum atomic E-state index is 12.1. The lowest BCUT2D eigenvalue weighted by atomic mass is 10.2. The predicted molar refractivity (Wildman–Crippen MR) is 95.6 cm³/mol. The quantitative estimate of drug-likeness (QED) is 0.676. The van der Waals surface area contributed by atoms with Gasteiger partial charge < -0.3 is 5.32 Å². The molecule has 1 N–H and O–H groups in total. The zero-order valence-corrected chi connectivity index (χ0v) is 14.7. The Labute approximate surface area is 148 Å². The van der Waals surface area contributed by atoms with Gasteiger partial charge in [-0.3, -0.25) is 9.48 Å². The minimum absolute atomic E-state index is 0.0176. The number of hydrogen-bond donors (Lipinski definition) is 1. The molecule has 24 heavy (non-hydrogen) atoms. The van der Waals surface area contributed by atoms with Gasteiger partial charge in [0, 0.05) is 35.9 Å². The van der Waals surface area contributed by atoms with Gasteiger partial charge in [0.1, 0.15) is 5.82 Å². The summed E-state index contributed by atoms with van der Waals surface area (Å²) >= 11 is 3.53. The van der Waals surface area contributed by atoms with E-state index in [0.29, 0.717) is 18.8 Å². The SMILES string of the molecule is O=C(CCCn1cccn1)Nc1ccnn1Cc1ccccc1Br. The number of nitrogens with one attached hydrogen (secondary N) is 1. The van der Waals surface area contributed by atoms with Crippen LogP contribution >= 0.6 is 15.9 Å². The van der Waals surface area contributed by atoms with Gasteiger partial charge in [-0.25, -0.2) is 4.68 Å². The van der Waals surface area contributed by atoms with Crippen LogP contribution in [0.2, 0.25) is 0 Å². The molecule has 0 spiro atoms. The summed E-state index contributed by atoms with van der Waals surface area (Å²) in [5, 5.41) is 11.3. The van der Waals surface area contributed by atoms with Crippen LogP contribution in [-0.2, 0) is 17.9 Å². The fourth-order valence-electron chi connectivity index (χ4n) is 2.39. The molecule has 0 aliphatic heterocycles. The lowest BCUT2D eigenvalue weighted by molar-refractivity contribution is -0.116. The molecule has 0 saturated carbocycles. The molecule has 124 valence electrons. The zero-order valence-electron chi connectivity index (χ0n) is 13.1. The van der Waals surface area contributed by atoms with E-state index < -0.39 is 0 Å². The van der Waals surface area contributed by atoms with Crippen molar-refractivity contribution in [3.63, 3.8) is 0 Å². The first kappa shape index (κ1) is 16.4. The van der Waals surface area contributed by atoms with Gasteiger partial charge in [-0.15, -0.1) is 0 Å².